The number of rotatable bonds is 4. The third-order valence-corrected chi connectivity index (χ3v) is 6.37. The van der Waals surface area contributed by atoms with Crippen molar-refractivity contribution in [3.05, 3.63) is 80.5 Å². The zero-order chi connectivity index (χ0) is 23.3. The lowest BCUT2D eigenvalue weighted by Gasteiger charge is -2.26. The number of nitrogens with one attached hydrogen (secondary N) is 1. The predicted molar refractivity (Wildman–Crippen MR) is 127 cm³/mol. The van der Waals surface area contributed by atoms with Gasteiger partial charge in [-0.1, -0.05) is 36.8 Å². The van der Waals surface area contributed by atoms with Crippen LogP contribution < -0.4 is 25.5 Å². The standard InChI is InChI=1S/C25H27N5O3/c1-16-5-7-18(8-6-16)15-30-23(31)21-22(27(3)25(30)32)26-24-28(13-17(2)14-29(21)24)19-9-11-20(33-4)12-10-19/h5-12,17H,13-15H2,1-4H3/p+1/t17-/m1/s1. The van der Waals surface area contributed by atoms with E-state index in [-0.39, 0.29) is 17.8 Å². The van der Waals surface area contributed by atoms with Crippen molar-refractivity contribution in [2.24, 2.45) is 13.0 Å². The molecule has 8 heteroatoms. The molecule has 170 valence electrons. The molecule has 0 saturated heterocycles. The summed E-state index contributed by atoms with van der Waals surface area (Å²) >= 11 is 0. The molecule has 0 aliphatic carbocycles. The van der Waals surface area contributed by atoms with Gasteiger partial charge in [0.2, 0.25) is 11.2 Å². The molecule has 0 radical (unpaired) electrons. The second kappa shape index (κ2) is 7.95. The zero-order valence-corrected chi connectivity index (χ0v) is 19.3. The van der Waals surface area contributed by atoms with Gasteiger partial charge in [-0.15, -0.1) is 0 Å². The Kier molecular flexibility index (Phi) is 5.08. The van der Waals surface area contributed by atoms with Gasteiger partial charge < -0.3 is 4.74 Å². The van der Waals surface area contributed by atoms with Gasteiger partial charge in [0.15, 0.2) is 0 Å². The molecule has 3 heterocycles. The summed E-state index contributed by atoms with van der Waals surface area (Å²) in [6, 6.07) is 15.7. The van der Waals surface area contributed by atoms with Crippen molar-refractivity contribution in [3.8, 4) is 5.75 Å². The first-order valence-corrected chi connectivity index (χ1v) is 11.1. The number of methoxy groups -OCH3 is 1. The molecule has 0 unspecified atom stereocenters. The highest BCUT2D eigenvalue weighted by Gasteiger charge is 2.36. The number of aryl methyl sites for hydroxylation is 2. The lowest BCUT2D eigenvalue weighted by molar-refractivity contribution is -0.669. The van der Waals surface area contributed by atoms with E-state index in [1.165, 1.54) is 9.13 Å². The van der Waals surface area contributed by atoms with Crippen molar-refractivity contribution in [2.75, 3.05) is 18.6 Å². The van der Waals surface area contributed by atoms with Crippen LogP contribution in [0.5, 0.6) is 5.75 Å². The number of aromatic amines is 1. The summed E-state index contributed by atoms with van der Waals surface area (Å²) in [5.41, 5.74) is 3.49. The van der Waals surface area contributed by atoms with Crippen LogP contribution >= 0.6 is 0 Å². The number of H-pyrrole nitrogens is 1. The third-order valence-electron chi connectivity index (χ3n) is 6.37. The van der Waals surface area contributed by atoms with E-state index in [1.54, 1.807) is 14.2 Å². The fourth-order valence-electron chi connectivity index (χ4n) is 4.58. The topological polar surface area (TPSA) is 76.1 Å². The van der Waals surface area contributed by atoms with Gasteiger partial charge in [0.25, 0.3) is 5.56 Å². The highest BCUT2D eigenvalue weighted by Crippen LogP contribution is 2.29. The van der Waals surface area contributed by atoms with Crippen molar-refractivity contribution >= 4 is 22.8 Å². The first kappa shape index (κ1) is 21.1. The molecule has 1 aliphatic rings. The average molecular weight is 447 g/mol. The van der Waals surface area contributed by atoms with E-state index in [0.717, 1.165) is 35.1 Å². The number of hydrogen-bond donors (Lipinski definition) is 1. The molecule has 8 nitrogen and oxygen atoms in total. The number of hydrogen-bond acceptors (Lipinski definition) is 4. The lowest BCUT2D eigenvalue weighted by atomic mass is 10.1. The molecule has 1 aliphatic heterocycles. The zero-order valence-electron chi connectivity index (χ0n) is 19.3. The largest absolute Gasteiger partial charge is 0.497 e. The highest BCUT2D eigenvalue weighted by atomic mass is 16.5. The number of aromatic nitrogens is 4. The quantitative estimate of drug-likeness (QED) is 0.489. The van der Waals surface area contributed by atoms with Crippen LogP contribution in [0.4, 0.5) is 11.6 Å². The number of anilines is 2. The first-order valence-electron chi connectivity index (χ1n) is 11.1. The van der Waals surface area contributed by atoms with Crippen LogP contribution in [0.2, 0.25) is 0 Å². The van der Waals surface area contributed by atoms with Gasteiger partial charge in [-0.05, 0) is 36.8 Å². The number of ether oxygens (including phenoxy) is 1. The van der Waals surface area contributed by atoms with Crippen molar-refractivity contribution < 1.29 is 9.30 Å². The summed E-state index contributed by atoms with van der Waals surface area (Å²) in [4.78, 5) is 32.3. The minimum atomic E-state index is -0.337. The molecule has 0 fully saturated rings. The van der Waals surface area contributed by atoms with Crippen LogP contribution in [0.3, 0.4) is 0 Å². The van der Waals surface area contributed by atoms with Crippen LogP contribution in [0.15, 0.2) is 58.1 Å². The molecular formula is C25H28N5O3+. The Hall–Kier alpha value is -3.81. The summed E-state index contributed by atoms with van der Waals surface area (Å²) in [7, 11) is 3.35. The molecule has 1 atom stereocenters. The predicted octanol–water partition coefficient (Wildman–Crippen LogP) is 2.47. The van der Waals surface area contributed by atoms with E-state index in [1.807, 2.05) is 60.0 Å². The number of fused-ring (bicyclic) bond motifs is 3. The van der Waals surface area contributed by atoms with Crippen molar-refractivity contribution in [1.82, 2.24) is 14.1 Å². The number of nitrogens with zero attached hydrogens (tertiary/aromatic N) is 4. The molecule has 0 amide bonds. The fourth-order valence-corrected chi connectivity index (χ4v) is 4.58. The molecule has 2 aromatic carbocycles. The van der Waals surface area contributed by atoms with E-state index in [4.69, 9.17) is 4.74 Å². The van der Waals surface area contributed by atoms with Gasteiger partial charge in [-0.25, -0.2) is 19.2 Å². The molecular weight excluding hydrogens is 418 g/mol. The van der Waals surface area contributed by atoms with E-state index in [9.17, 15) is 9.59 Å². The Morgan fingerprint density at radius 2 is 1.79 bits per heavy atom. The van der Waals surface area contributed by atoms with E-state index in [2.05, 4.69) is 16.8 Å². The number of benzene rings is 2. The maximum atomic E-state index is 13.6. The molecule has 1 N–H and O–H groups in total. The summed E-state index contributed by atoms with van der Waals surface area (Å²) < 4.78 is 10.2. The van der Waals surface area contributed by atoms with Gasteiger partial charge >= 0.3 is 11.6 Å². The summed E-state index contributed by atoms with van der Waals surface area (Å²) in [5, 5.41) is 0. The maximum absolute atomic E-state index is 13.6. The van der Waals surface area contributed by atoms with Crippen LogP contribution in [-0.4, -0.2) is 27.8 Å². The molecule has 0 saturated carbocycles. The molecule has 4 aromatic rings. The molecule has 33 heavy (non-hydrogen) atoms. The van der Waals surface area contributed by atoms with Crippen molar-refractivity contribution in [2.45, 2.75) is 26.9 Å². The normalized spacial score (nSPS) is 15.6. The number of imidazole rings is 1. The van der Waals surface area contributed by atoms with Crippen LogP contribution in [0.1, 0.15) is 18.1 Å². The fraction of sp³-hybridized carbons (Fsp3) is 0.320. The summed E-state index contributed by atoms with van der Waals surface area (Å²) in [6.45, 7) is 5.90. The van der Waals surface area contributed by atoms with Crippen LogP contribution in [-0.2, 0) is 20.1 Å². The molecule has 0 spiro atoms. The third kappa shape index (κ3) is 3.51. The Morgan fingerprint density at radius 3 is 2.45 bits per heavy atom. The van der Waals surface area contributed by atoms with Gasteiger partial charge in [0.1, 0.15) is 11.4 Å². The lowest BCUT2D eigenvalue weighted by Crippen LogP contribution is -2.52. The van der Waals surface area contributed by atoms with Crippen LogP contribution in [0.25, 0.3) is 11.2 Å². The minimum Gasteiger partial charge on any atom is -0.497 e. The van der Waals surface area contributed by atoms with Gasteiger partial charge in [-0.3, -0.25) is 13.9 Å². The van der Waals surface area contributed by atoms with Crippen molar-refractivity contribution in [3.63, 3.8) is 0 Å². The Labute approximate surface area is 191 Å². The maximum Gasteiger partial charge on any atom is 0.364 e. The first-order chi connectivity index (χ1) is 15.9. The van der Waals surface area contributed by atoms with Crippen LogP contribution in [0, 0.1) is 12.8 Å². The van der Waals surface area contributed by atoms with Gasteiger partial charge in [0.05, 0.1) is 26.7 Å². The molecule has 0 bridgehead atoms. The minimum absolute atomic E-state index is 0.236. The van der Waals surface area contributed by atoms with E-state index < -0.39 is 0 Å². The average Bonchev–Trinajstić information content (AvgIpc) is 3.21. The van der Waals surface area contributed by atoms with E-state index >= 15 is 0 Å². The SMILES string of the molecule is COc1ccc(N2C[C@@H](C)C[n+]3c2[nH]c2c3c(=O)n(Cc3ccc(C)cc3)c(=O)n2C)cc1. The highest BCUT2D eigenvalue weighted by molar-refractivity contribution is 5.70. The Bertz CT molecular complexity index is 1450. The summed E-state index contributed by atoms with van der Waals surface area (Å²) in [6.07, 6.45) is 0. The Balaban J connectivity index is 1.68. The second-order valence-corrected chi connectivity index (χ2v) is 8.89. The molecule has 5 rings (SSSR count). The van der Waals surface area contributed by atoms with Gasteiger partial charge in [0, 0.05) is 13.0 Å². The van der Waals surface area contributed by atoms with E-state index in [0.29, 0.717) is 23.6 Å². The summed E-state index contributed by atoms with van der Waals surface area (Å²) in [5.74, 6) is 1.90. The smallest absolute Gasteiger partial charge is 0.364 e. The van der Waals surface area contributed by atoms with Crippen molar-refractivity contribution in [1.29, 1.82) is 0 Å². The second-order valence-electron chi connectivity index (χ2n) is 8.89. The Morgan fingerprint density at radius 1 is 1.09 bits per heavy atom. The molecule has 2 aromatic heterocycles. The monoisotopic (exact) mass is 446 g/mol. The van der Waals surface area contributed by atoms with Gasteiger partial charge in [-0.2, -0.15) is 0 Å².